The molecule has 146 valence electrons. The van der Waals surface area contributed by atoms with Crippen molar-refractivity contribution in [3.63, 3.8) is 0 Å². The van der Waals surface area contributed by atoms with Crippen LogP contribution in [-0.4, -0.2) is 37.2 Å². The molecule has 6 heteroatoms. The lowest BCUT2D eigenvalue weighted by molar-refractivity contribution is 0.336. The van der Waals surface area contributed by atoms with Crippen LogP contribution >= 0.6 is 0 Å². The van der Waals surface area contributed by atoms with Crippen molar-refractivity contribution in [2.75, 3.05) is 31.6 Å². The number of unbranched alkanes of at least 4 members (excludes halogenated alkanes) is 1. The largest absolute Gasteiger partial charge is 0.494 e. The number of nitrogens with one attached hydrogen (secondary N) is 3. The third-order valence-corrected chi connectivity index (χ3v) is 3.89. The van der Waals surface area contributed by atoms with Gasteiger partial charge in [-0.15, -0.1) is 0 Å². The number of anilines is 1. The molecule has 6 nitrogen and oxygen atoms in total. The molecule has 0 aliphatic heterocycles. The minimum absolute atomic E-state index is 0.590. The maximum absolute atomic E-state index is 5.67. The molecule has 3 N–H and O–H groups in total. The van der Waals surface area contributed by atoms with E-state index < -0.39 is 0 Å². The minimum atomic E-state index is 0.590. The lowest BCUT2D eigenvalue weighted by atomic mass is 10.2. The van der Waals surface area contributed by atoms with Crippen LogP contribution in [0.3, 0.4) is 0 Å². The van der Waals surface area contributed by atoms with Crippen LogP contribution in [0.4, 0.5) is 5.82 Å². The molecular formula is C21H31N5O. The van der Waals surface area contributed by atoms with Crippen LogP contribution in [0.1, 0.15) is 32.3 Å². The molecule has 0 aliphatic carbocycles. The van der Waals surface area contributed by atoms with Gasteiger partial charge in [-0.2, -0.15) is 0 Å². The number of benzene rings is 1. The van der Waals surface area contributed by atoms with E-state index in [1.165, 1.54) is 0 Å². The van der Waals surface area contributed by atoms with Crippen LogP contribution in [0, 0.1) is 0 Å². The summed E-state index contributed by atoms with van der Waals surface area (Å²) in [5.41, 5.74) is 1.09. The Balaban J connectivity index is 1.73. The lowest BCUT2D eigenvalue weighted by Gasteiger charge is -2.13. The predicted molar refractivity (Wildman–Crippen MR) is 112 cm³/mol. The molecular weight excluding hydrogens is 338 g/mol. The SMILES string of the molecule is CCNC(=NCc1ccccc1OCC)NCCCCNc1ccccn1. The average molecular weight is 370 g/mol. The lowest BCUT2D eigenvalue weighted by Crippen LogP contribution is -2.37. The highest BCUT2D eigenvalue weighted by Crippen LogP contribution is 2.18. The number of guanidine groups is 1. The predicted octanol–water partition coefficient (Wildman–Crippen LogP) is 3.43. The molecule has 0 amide bonds. The van der Waals surface area contributed by atoms with Gasteiger partial charge in [-0.05, 0) is 44.9 Å². The van der Waals surface area contributed by atoms with Crippen molar-refractivity contribution in [3.05, 3.63) is 54.2 Å². The Morgan fingerprint density at radius 2 is 1.81 bits per heavy atom. The van der Waals surface area contributed by atoms with Crippen LogP contribution in [0.2, 0.25) is 0 Å². The van der Waals surface area contributed by atoms with Crippen LogP contribution in [0.15, 0.2) is 53.7 Å². The molecule has 1 aromatic carbocycles. The summed E-state index contributed by atoms with van der Waals surface area (Å²) < 4.78 is 5.67. The fraction of sp³-hybridized carbons (Fsp3) is 0.429. The zero-order valence-corrected chi connectivity index (χ0v) is 16.4. The van der Waals surface area contributed by atoms with Crippen molar-refractivity contribution in [1.29, 1.82) is 0 Å². The zero-order valence-electron chi connectivity index (χ0n) is 16.4. The van der Waals surface area contributed by atoms with E-state index in [-0.39, 0.29) is 0 Å². The summed E-state index contributed by atoms with van der Waals surface area (Å²) >= 11 is 0. The van der Waals surface area contributed by atoms with E-state index in [1.54, 1.807) is 6.20 Å². The molecule has 0 fully saturated rings. The summed E-state index contributed by atoms with van der Waals surface area (Å²) in [6.07, 6.45) is 3.92. The quantitative estimate of drug-likeness (QED) is 0.322. The van der Waals surface area contributed by atoms with Crippen molar-refractivity contribution < 1.29 is 4.74 Å². The van der Waals surface area contributed by atoms with Gasteiger partial charge in [0.05, 0.1) is 13.2 Å². The molecule has 27 heavy (non-hydrogen) atoms. The Labute approximate surface area is 162 Å². The molecule has 2 aromatic rings. The van der Waals surface area contributed by atoms with Gasteiger partial charge < -0.3 is 20.7 Å². The molecule has 0 bridgehead atoms. The average Bonchev–Trinajstić information content (AvgIpc) is 2.70. The number of rotatable bonds is 11. The number of ether oxygens (including phenoxy) is 1. The molecule has 0 aliphatic rings. The number of nitrogens with zero attached hydrogens (tertiary/aromatic N) is 2. The van der Waals surface area contributed by atoms with Gasteiger partial charge in [-0.3, -0.25) is 0 Å². The zero-order chi connectivity index (χ0) is 19.2. The number of aromatic nitrogens is 1. The summed E-state index contributed by atoms with van der Waals surface area (Å²) in [6.45, 7) is 7.94. The number of pyridine rings is 1. The Bertz CT molecular complexity index is 675. The Morgan fingerprint density at radius 3 is 2.59 bits per heavy atom. The number of para-hydroxylation sites is 1. The van der Waals surface area contributed by atoms with E-state index in [0.29, 0.717) is 13.2 Å². The molecule has 1 aromatic heterocycles. The maximum atomic E-state index is 5.67. The van der Waals surface area contributed by atoms with Crippen molar-refractivity contribution in [3.8, 4) is 5.75 Å². The van der Waals surface area contributed by atoms with Crippen molar-refractivity contribution in [2.45, 2.75) is 33.2 Å². The van der Waals surface area contributed by atoms with Gasteiger partial charge in [0.1, 0.15) is 11.6 Å². The topological polar surface area (TPSA) is 70.6 Å². The summed E-state index contributed by atoms with van der Waals surface area (Å²) in [6, 6.07) is 13.9. The first kappa shape index (κ1) is 20.6. The van der Waals surface area contributed by atoms with E-state index in [1.807, 2.05) is 43.3 Å². The van der Waals surface area contributed by atoms with Crippen molar-refractivity contribution >= 4 is 11.8 Å². The van der Waals surface area contributed by atoms with Gasteiger partial charge in [-0.1, -0.05) is 24.3 Å². The van der Waals surface area contributed by atoms with E-state index in [2.05, 4.69) is 38.9 Å². The molecule has 0 atom stereocenters. The second-order valence-electron chi connectivity index (χ2n) is 6.01. The molecule has 0 unspecified atom stereocenters. The Kier molecular flexibility index (Phi) is 9.57. The van der Waals surface area contributed by atoms with Gasteiger partial charge >= 0.3 is 0 Å². The monoisotopic (exact) mass is 369 g/mol. The van der Waals surface area contributed by atoms with Gasteiger partial charge in [0.25, 0.3) is 0 Å². The van der Waals surface area contributed by atoms with E-state index >= 15 is 0 Å². The van der Waals surface area contributed by atoms with Gasteiger partial charge in [0, 0.05) is 31.4 Å². The highest BCUT2D eigenvalue weighted by atomic mass is 16.5. The summed E-state index contributed by atoms with van der Waals surface area (Å²) in [4.78, 5) is 8.94. The maximum Gasteiger partial charge on any atom is 0.191 e. The summed E-state index contributed by atoms with van der Waals surface area (Å²) in [5, 5.41) is 10.0. The van der Waals surface area contributed by atoms with Gasteiger partial charge in [-0.25, -0.2) is 9.98 Å². The number of aliphatic imine (C=N–C) groups is 1. The summed E-state index contributed by atoms with van der Waals surface area (Å²) in [7, 11) is 0. The Hall–Kier alpha value is -2.76. The molecule has 0 saturated heterocycles. The molecule has 1 heterocycles. The third-order valence-electron chi connectivity index (χ3n) is 3.89. The van der Waals surface area contributed by atoms with E-state index in [9.17, 15) is 0 Å². The minimum Gasteiger partial charge on any atom is -0.494 e. The molecule has 2 rings (SSSR count). The van der Waals surface area contributed by atoms with E-state index in [4.69, 9.17) is 4.74 Å². The third kappa shape index (κ3) is 7.98. The van der Waals surface area contributed by atoms with Crippen LogP contribution in [-0.2, 0) is 6.54 Å². The van der Waals surface area contributed by atoms with E-state index in [0.717, 1.165) is 55.6 Å². The second-order valence-corrected chi connectivity index (χ2v) is 6.01. The van der Waals surface area contributed by atoms with Gasteiger partial charge in [0.15, 0.2) is 5.96 Å². The standard InChI is InChI=1S/C21H31N5O/c1-3-22-21(26-17-18-11-5-6-12-19(18)27-4-2)25-16-10-9-15-24-20-13-7-8-14-23-20/h5-8,11-14H,3-4,9-10,15-17H2,1-2H3,(H,23,24)(H2,22,25,26). The highest BCUT2D eigenvalue weighted by molar-refractivity contribution is 5.79. The second kappa shape index (κ2) is 12.6. The first-order chi connectivity index (χ1) is 13.3. The van der Waals surface area contributed by atoms with Crippen molar-refractivity contribution in [1.82, 2.24) is 15.6 Å². The number of hydrogen-bond acceptors (Lipinski definition) is 4. The van der Waals surface area contributed by atoms with Crippen LogP contribution in [0.25, 0.3) is 0 Å². The highest BCUT2D eigenvalue weighted by Gasteiger charge is 2.03. The van der Waals surface area contributed by atoms with Gasteiger partial charge in [0.2, 0.25) is 0 Å². The summed E-state index contributed by atoms with van der Waals surface area (Å²) in [5.74, 6) is 2.66. The number of hydrogen-bond donors (Lipinski definition) is 3. The molecule has 0 saturated carbocycles. The van der Waals surface area contributed by atoms with Crippen LogP contribution < -0.4 is 20.7 Å². The van der Waals surface area contributed by atoms with Crippen LogP contribution in [0.5, 0.6) is 5.75 Å². The van der Waals surface area contributed by atoms with Crippen molar-refractivity contribution in [2.24, 2.45) is 4.99 Å². The smallest absolute Gasteiger partial charge is 0.191 e. The first-order valence-electron chi connectivity index (χ1n) is 9.71. The normalized spacial score (nSPS) is 11.1. The first-order valence-corrected chi connectivity index (χ1v) is 9.71. The fourth-order valence-electron chi connectivity index (χ4n) is 2.58. The fourth-order valence-corrected chi connectivity index (χ4v) is 2.58. The Morgan fingerprint density at radius 1 is 1.00 bits per heavy atom. The molecule has 0 radical (unpaired) electrons. The molecule has 0 spiro atoms.